The molecule has 1 aliphatic rings. The summed E-state index contributed by atoms with van der Waals surface area (Å²) in [4.78, 5) is 35.2. The van der Waals surface area contributed by atoms with E-state index in [0.29, 0.717) is 11.4 Å². The Bertz CT molecular complexity index is 572. The SMILES string of the molecule is CNC(=O)CNC(=O)C1(C)Oc2ccccc2NC1=O. The van der Waals surface area contributed by atoms with Crippen LogP contribution in [-0.2, 0) is 14.4 Å². The van der Waals surface area contributed by atoms with E-state index >= 15 is 0 Å². The minimum Gasteiger partial charge on any atom is -0.466 e. The maximum absolute atomic E-state index is 12.1. The van der Waals surface area contributed by atoms with Gasteiger partial charge in [0.25, 0.3) is 17.4 Å². The van der Waals surface area contributed by atoms with Crippen LogP contribution in [-0.4, -0.2) is 36.9 Å². The first-order valence-corrected chi connectivity index (χ1v) is 6.06. The molecule has 7 heteroatoms. The lowest BCUT2D eigenvalue weighted by molar-refractivity contribution is -0.147. The topological polar surface area (TPSA) is 96.5 Å². The normalized spacial score (nSPS) is 20.2. The van der Waals surface area contributed by atoms with Crippen LogP contribution in [0.15, 0.2) is 24.3 Å². The van der Waals surface area contributed by atoms with Crippen molar-refractivity contribution in [1.82, 2.24) is 10.6 Å². The monoisotopic (exact) mass is 277 g/mol. The van der Waals surface area contributed by atoms with Crippen LogP contribution in [0.25, 0.3) is 0 Å². The molecule has 1 aromatic carbocycles. The third kappa shape index (κ3) is 2.42. The van der Waals surface area contributed by atoms with Crippen LogP contribution in [0.1, 0.15) is 6.92 Å². The number of fused-ring (bicyclic) bond motifs is 1. The van der Waals surface area contributed by atoms with Gasteiger partial charge in [0.2, 0.25) is 5.91 Å². The van der Waals surface area contributed by atoms with Crippen molar-refractivity contribution in [3.63, 3.8) is 0 Å². The summed E-state index contributed by atoms with van der Waals surface area (Å²) in [6, 6.07) is 6.81. The molecule has 3 N–H and O–H groups in total. The van der Waals surface area contributed by atoms with Gasteiger partial charge in [-0.05, 0) is 19.1 Å². The van der Waals surface area contributed by atoms with Crippen molar-refractivity contribution in [2.75, 3.05) is 18.9 Å². The number of anilines is 1. The largest absolute Gasteiger partial charge is 0.466 e. The van der Waals surface area contributed by atoms with Crippen molar-refractivity contribution in [3.05, 3.63) is 24.3 Å². The molecular formula is C13H15N3O4. The van der Waals surface area contributed by atoms with Crippen molar-refractivity contribution in [2.24, 2.45) is 0 Å². The molecule has 20 heavy (non-hydrogen) atoms. The number of carbonyl (C=O) groups is 3. The number of para-hydroxylation sites is 2. The first-order valence-electron chi connectivity index (χ1n) is 6.06. The van der Waals surface area contributed by atoms with Gasteiger partial charge in [0, 0.05) is 7.05 Å². The summed E-state index contributed by atoms with van der Waals surface area (Å²) in [5.41, 5.74) is -1.20. The Morgan fingerprint density at radius 1 is 1.35 bits per heavy atom. The zero-order valence-corrected chi connectivity index (χ0v) is 11.1. The van der Waals surface area contributed by atoms with Gasteiger partial charge in [0.1, 0.15) is 5.75 Å². The van der Waals surface area contributed by atoms with E-state index in [1.165, 1.54) is 14.0 Å². The van der Waals surface area contributed by atoms with E-state index in [1.807, 2.05) is 0 Å². The van der Waals surface area contributed by atoms with Crippen LogP contribution in [0, 0.1) is 0 Å². The van der Waals surface area contributed by atoms with E-state index < -0.39 is 17.4 Å². The average Bonchev–Trinajstić information content (AvgIpc) is 2.45. The number of hydrogen-bond donors (Lipinski definition) is 3. The summed E-state index contributed by atoms with van der Waals surface area (Å²) < 4.78 is 5.50. The van der Waals surface area contributed by atoms with Gasteiger partial charge in [-0.1, -0.05) is 12.1 Å². The van der Waals surface area contributed by atoms with Crippen molar-refractivity contribution in [3.8, 4) is 5.75 Å². The minimum atomic E-state index is -1.71. The fraction of sp³-hybridized carbons (Fsp3) is 0.308. The van der Waals surface area contributed by atoms with Crippen LogP contribution in [0.3, 0.4) is 0 Å². The minimum absolute atomic E-state index is 0.219. The number of carbonyl (C=O) groups excluding carboxylic acids is 3. The van der Waals surface area contributed by atoms with Crippen LogP contribution in [0.4, 0.5) is 5.69 Å². The Kier molecular flexibility index (Phi) is 3.60. The number of rotatable bonds is 3. The Balaban J connectivity index is 2.16. The average molecular weight is 277 g/mol. The number of amides is 3. The first kappa shape index (κ1) is 13.9. The van der Waals surface area contributed by atoms with Gasteiger partial charge in [-0.25, -0.2) is 0 Å². The standard InChI is InChI=1S/C13H15N3O4/c1-13(11(18)15-7-10(17)14-2)12(19)16-8-5-3-4-6-9(8)20-13/h3-6H,7H2,1-2H3,(H,14,17)(H,15,18)(H,16,19). The molecule has 7 nitrogen and oxygen atoms in total. The van der Waals surface area contributed by atoms with Crippen LogP contribution in [0.2, 0.25) is 0 Å². The second kappa shape index (κ2) is 5.20. The summed E-state index contributed by atoms with van der Waals surface area (Å²) in [6.45, 7) is 1.14. The van der Waals surface area contributed by atoms with Gasteiger partial charge in [-0.15, -0.1) is 0 Å². The molecule has 106 valence electrons. The van der Waals surface area contributed by atoms with Gasteiger partial charge in [-0.3, -0.25) is 14.4 Å². The molecular weight excluding hydrogens is 262 g/mol. The van der Waals surface area contributed by atoms with Crippen LogP contribution < -0.4 is 20.7 Å². The fourth-order valence-electron chi connectivity index (χ4n) is 1.73. The molecule has 0 bridgehead atoms. The predicted molar refractivity (Wildman–Crippen MR) is 71.2 cm³/mol. The molecule has 1 heterocycles. The van der Waals surface area contributed by atoms with Crippen molar-refractivity contribution in [2.45, 2.75) is 12.5 Å². The Morgan fingerprint density at radius 3 is 2.75 bits per heavy atom. The van der Waals surface area contributed by atoms with Crippen molar-refractivity contribution < 1.29 is 19.1 Å². The number of hydrogen-bond acceptors (Lipinski definition) is 4. The Labute approximate surface area is 115 Å². The zero-order valence-electron chi connectivity index (χ0n) is 11.1. The summed E-state index contributed by atoms with van der Waals surface area (Å²) in [6.07, 6.45) is 0. The highest BCUT2D eigenvalue weighted by molar-refractivity contribution is 6.15. The summed E-state index contributed by atoms with van der Waals surface area (Å²) in [5, 5.41) is 7.34. The molecule has 1 unspecified atom stereocenters. The second-order valence-electron chi connectivity index (χ2n) is 4.44. The van der Waals surface area contributed by atoms with Gasteiger partial charge in [0.15, 0.2) is 0 Å². The van der Waals surface area contributed by atoms with Gasteiger partial charge >= 0.3 is 0 Å². The second-order valence-corrected chi connectivity index (χ2v) is 4.44. The van der Waals surface area contributed by atoms with E-state index in [0.717, 1.165) is 0 Å². The Morgan fingerprint density at radius 2 is 2.05 bits per heavy atom. The molecule has 0 aromatic heterocycles. The summed E-state index contributed by atoms with van der Waals surface area (Å²) in [7, 11) is 1.45. The first-order chi connectivity index (χ1) is 9.47. The number of nitrogens with one attached hydrogen (secondary N) is 3. The maximum atomic E-state index is 12.1. The highest BCUT2D eigenvalue weighted by Crippen LogP contribution is 2.33. The lowest BCUT2D eigenvalue weighted by Crippen LogP contribution is -2.59. The van der Waals surface area contributed by atoms with Gasteiger partial charge in [0.05, 0.1) is 12.2 Å². The number of ether oxygens (including phenoxy) is 1. The van der Waals surface area contributed by atoms with Crippen LogP contribution >= 0.6 is 0 Å². The smallest absolute Gasteiger partial charge is 0.278 e. The van der Waals surface area contributed by atoms with E-state index in [4.69, 9.17) is 4.74 Å². The van der Waals surface area contributed by atoms with Crippen molar-refractivity contribution >= 4 is 23.4 Å². The predicted octanol–water partition coefficient (Wildman–Crippen LogP) is -0.362. The quantitative estimate of drug-likeness (QED) is 0.657. The van der Waals surface area contributed by atoms with Crippen LogP contribution in [0.5, 0.6) is 5.75 Å². The van der Waals surface area contributed by atoms with E-state index in [-0.39, 0.29) is 12.5 Å². The summed E-state index contributed by atoms with van der Waals surface area (Å²) >= 11 is 0. The zero-order chi connectivity index (χ0) is 14.8. The van der Waals surface area contributed by atoms with E-state index in [2.05, 4.69) is 16.0 Å². The highest BCUT2D eigenvalue weighted by Gasteiger charge is 2.47. The lowest BCUT2D eigenvalue weighted by Gasteiger charge is -2.33. The molecule has 1 aromatic rings. The number of likely N-dealkylation sites (N-methyl/N-ethyl adjacent to an activating group) is 1. The lowest BCUT2D eigenvalue weighted by atomic mass is 10.0. The molecule has 3 amide bonds. The molecule has 0 radical (unpaired) electrons. The van der Waals surface area contributed by atoms with E-state index in [9.17, 15) is 14.4 Å². The molecule has 0 saturated heterocycles. The summed E-state index contributed by atoms with van der Waals surface area (Å²) in [5.74, 6) is -1.21. The highest BCUT2D eigenvalue weighted by atomic mass is 16.5. The molecule has 1 aliphatic heterocycles. The van der Waals surface area contributed by atoms with Gasteiger partial charge in [-0.2, -0.15) is 0 Å². The third-order valence-electron chi connectivity index (χ3n) is 3.00. The van der Waals surface area contributed by atoms with E-state index in [1.54, 1.807) is 24.3 Å². The molecule has 2 rings (SSSR count). The number of benzene rings is 1. The molecule has 0 aliphatic carbocycles. The Hall–Kier alpha value is -2.57. The molecule has 0 spiro atoms. The molecule has 1 atom stereocenters. The molecule has 0 fully saturated rings. The fourth-order valence-corrected chi connectivity index (χ4v) is 1.73. The third-order valence-corrected chi connectivity index (χ3v) is 3.00. The van der Waals surface area contributed by atoms with Crippen molar-refractivity contribution in [1.29, 1.82) is 0 Å². The molecule has 0 saturated carbocycles. The maximum Gasteiger partial charge on any atom is 0.278 e. The van der Waals surface area contributed by atoms with Gasteiger partial charge < -0.3 is 20.7 Å².